The first-order valence-corrected chi connectivity index (χ1v) is 6.82. The van der Waals surface area contributed by atoms with E-state index in [4.69, 9.17) is 0 Å². The van der Waals surface area contributed by atoms with E-state index in [1.807, 2.05) is 0 Å². The Morgan fingerprint density at radius 3 is 2.61 bits per heavy atom. The van der Waals surface area contributed by atoms with E-state index < -0.39 is 0 Å². The second-order valence-electron chi connectivity index (χ2n) is 5.58. The van der Waals surface area contributed by atoms with E-state index >= 15 is 0 Å². The molecule has 0 spiro atoms. The smallest absolute Gasteiger partial charge is 0.0354 e. The summed E-state index contributed by atoms with van der Waals surface area (Å²) in [5, 5.41) is 3.54. The van der Waals surface area contributed by atoms with Crippen LogP contribution in [0.2, 0.25) is 0 Å². The van der Waals surface area contributed by atoms with E-state index in [1.165, 1.54) is 5.56 Å². The second-order valence-corrected chi connectivity index (χ2v) is 5.58. The van der Waals surface area contributed by atoms with E-state index in [0.29, 0.717) is 12.1 Å². The minimum absolute atomic E-state index is 0.601. The van der Waals surface area contributed by atoms with Crippen LogP contribution in [0, 0.1) is 0 Å². The Hall–Kier alpha value is -0.900. The first-order valence-electron chi connectivity index (χ1n) is 6.82. The van der Waals surface area contributed by atoms with Crippen molar-refractivity contribution < 1.29 is 0 Å². The Bertz CT molecular complexity index is 350. The van der Waals surface area contributed by atoms with Gasteiger partial charge in [0.1, 0.15) is 0 Å². The Balaban J connectivity index is 2.05. The highest BCUT2D eigenvalue weighted by Crippen LogP contribution is 2.15. The first-order chi connectivity index (χ1) is 8.66. The van der Waals surface area contributed by atoms with Gasteiger partial charge in [0.25, 0.3) is 0 Å². The zero-order valence-corrected chi connectivity index (χ0v) is 11.8. The van der Waals surface area contributed by atoms with Crippen molar-refractivity contribution in [1.29, 1.82) is 0 Å². The molecule has 2 unspecified atom stereocenters. The van der Waals surface area contributed by atoms with Gasteiger partial charge in [-0.25, -0.2) is 0 Å². The molecule has 1 aliphatic heterocycles. The zero-order valence-electron chi connectivity index (χ0n) is 11.8. The number of likely N-dealkylation sites (N-methyl/N-ethyl adjacent to an activating group) is 1. The maximum absolute atomic E-state index is 3.54. The quantitative estimate of drug-likeness (QED) is 0.868. The van der Waals surface area contributed by atoms with E-state index in [-0.39, 0.29) is 0 Å². The van der Waals surface area contributed by atoms with Crippen molar-refractivity contribution in [1.82, 2.24) is 15.1 Å². The van der Waals surface area contributed by atoms with Crippen molar-refractivity contribution in [3.05, 3.63) is 35.9 Å². The van der Waals surface area contributed by atoms with Crippen LogP contribution in [0.15, 0.2) is 30.3 Å². The van der Waals surface area contributed by atoms with Crippen molar-refractivity contribution in [3.63, 3.8) is 0 Å². The fraction of sp³-hybridized carbons (Fsp3) is 0.600. The van der Waals surface area contributed by atoms with Crippen LogP contribution in [-0.2, 0) is 6.54 Å². The minimum Gasteiger partial charge on any atom is -0.314 e. The number of piperazine rings is 1. The molecule has 1 N–H and O–H groups in total. The maximum atomic E-state index is 3.54. The molecule has 18 heavy (non-hydrogen) atoms. The number of nitrogens with zero attached hydrogens (tertiary/aromatic N) is 2. The fourth-order valence-electron chi connectivity index (χ4n) is 2.72. The van der Waals surface area contributed by atoms with Crippen LogP contribution in [0.25, 0.3) is 0 Å². The fourth-order valence-corrected chi connectivity index (χ4v) is 2.72. The zero-order chi connectivity index (χ0) is 13.0. The average molecular weight is 247 g/mol. The van der Waals surface area contributed by atoms with Gasteiger partial charge in [-0.15, -0.1) is 0 Å². The van der Waals surface area contributed by atoms with Crippen LogP contribution in [0.1, 0.15) is 12.5 Å². The van der Waals surface area contributed by atoms with Gasteiger partial charge in [0.2, 0.25) is 0 Å². The molecule has 2 atom stereocenters. The maximum Gasteiger partial charge on any atom is 0.0354 e. The molecule has 0 amide bonds. The average Bonchev–Trinajstić information content (AvgIpc) is 2.34. The molecule has 0 radical (unpaired) electrons. The van der Waals surface area contributed by atoms with Crippen LogP contribution >= 0.6 is 0 Å². The molecule has 1 heterocycles. The largest absolute Gasteiger partial charge is 0.314 e. The van der Waals surface area contributed by atoms with Crippen LogP contribution in [-0.4, -0.2) is 55.6 Å². The normalized spacial score (nSPS) is 25.6. The predicted molar refractivity (Wildman–Crippen MR) is 76.7 cm³/mol. The number of benzene rings is 1. The number of rotatable bonds is 4. The third-order valence-corrected chi connectivity index (χ3v) is 3.64. The summed E-state index contributed by atoms with van der Waals surface area (Å²) in [5.41, 5.74) is 1.41. The van der Waals surface area contributed by atoms with Crippen molar-refractivity contribution in [2.24, 2.45) is 0 Å². The predicted octanol–water partition coefficient (Wildman–Crippen LogP) is 1.41. The standard InChI is InChI=1S/C15H25N3/c1-13-9-16-10-15(12-17(2)3)18(13)11-14-7-5-4-6-8-14/h4-8,13,15-16H,9-12H2,1-3H3. The number of hydrogen-bond donors (Lipinski definition) is 1. The van der Waals surface area contributed by atoms with Crippen LogP contribution in [0.5, 0.6) is 0 Å². The second kappa shape index (κ2) is 6.32. The van der Waals surface area contributed by atoms with Gasteiger partial charge in [-0.05, 0) is 26.6 Å². The molecule has 0 aliphatic carbocycles. The summed E-state index contributed by atoms with van der Waals surface area (Å²) in [7, 11) is 4.31. The van der Waals surface area contributed by atoms with Gasteiger partial charge in [-0.3, -0.25) is 4.90 Å². The molecule has 0 saturated carbocycles. The topological polar surface area (TPSA) is 18.5 Å². The summed E-state index contributed by atoms with van der Waals surface area (Å²) in [4.78, 5) is 4.91. The Labute approximate surface area is 111 Å². The molecule has 3 nitrogen and oxygen atoms in total. The first kappa shape index (κ1) is 13.5. The van der Waals surface area contributed by atoms with Gasteiger partial charge < -0.3 is 10.2 Å². The van der Waals surface area contributed by atoms with E-state index in [9.17, 15) is 0 Å². The van der Waals surface area contributed by atoms with Crippen LogP contribution < -0.4 is 5.32 Å². The Morgan fingerprint density at radius 2 is 1.94 bits per heavy atom. The highest BCUT2D eigenvalue weighted by Gasteiger charge is 2.27. The number of hydrogen-bond acceptors (Lipinski definition) is 3. The van der Waals surface area contributed by atoms with E-state index in [0.717, 1.165) is 26.2 Å². The lowest BCUT2D eigenvalue weighted by molar-refractivity contribution is 0.0797. The van der Waals surface area contributed by atoms with E-state index in [1.54, 1.807) is 0 Å². The van der Waals surface area contributed by atoms with Crippen molar-refractivity contribution in [2.45, 2.75) is 25.6 Å². The molecule has 100 valence electrons. The summed E-state index contributed by atoms with van der Waals surface area (Å²) < 4.78 is 0. The van der Waals surface area contributed by atoms with Crippen LogP contribution in [0.3, 0.4) is 0 Å². The molecule has 1 aromatic rings. The summed E-state index contributed by atoms with van der Waals surface area (Å²) in [5.74, 6) is 0. The summed E-state index contributed by atoms with van der Waals surface area (Å²) in [6.07, 6.45) is 0. The van der Waals surface area contributed by atoms with Gasteiger partial charge in [0.15, 0.2) is 0 Å². The molecule has 0 bridgehead atoms. The lowest BCUT2D eigenvalue weighted by Gasteiger charge is -2.42. The molecule has 3 heteroatoms. The summed E-state index contributed by atoms with van der Waals surface area (Å²) in [6.45, 7) is 6.68. The SMILES string of the molecule is CC1CNCC(CN(C)C)N1Cc1ccccc1. The molecule has 0 aromatic heterocycles. The number of nitrogens with one attached hydrogen (secondary N) is 1. The molecular weight excluding hydrogens is 222 g/mol. The third kappa shape index (κ3) is 3.55. The Kier molecular flexibility index (Phi) is 4.75. The van der Waals surface area contributed by atoms with Gasteiger partial charge in [-0.2, -0.15) is 0 Å². The van der Waals surface area contributed by atoms with Gasteiger partial charge in [0.05, 0.1) is 0 Å². The molecule has 1 fully saturated rings. The Morgan fingerprint density at radius 1 is 1.22 bits per heavy atom. The molecule has 1 saturated heterocycles. The molecule has 1 aliphatic rings. The van der Waals surface area contributed by atoms with Crippen molar-refractivity contribution in [2.75, 3.05) is 33.7 Å². The lowest BCUT2D eigenvalue weighted by atomic mass is 10.1. The van der Waals surface area contributed by atoms with Crippen molar-refractivity contribution in [3.8, 4) is 0 Å². The molecule has 1 aromatic carbocycles. The highest BCUT2D eigenvalue weighted by atomic mass is 15.3. The third-order valence-electron chi connectivity index (χ3n) is 3.64. The summed E-state index contributed by atoms with van der Waals surface area (Å²) >= 11 is 0. The molecular formula is C15H25N3. The highest BCUT2D eigenvalue weighted by molar-refractivity contribution is 5.15. The van der Waals surface area contributed by atoms with E-state index in [2.05, 4.69) is 66.5 Å². The summed E-state index contributed by atoms with van der Waals surface area (Å²) in [6, 6.07) is 12.0. The van der Waals surface area contributed by atoms with Gasteiger partial charge >= 0.3 is 0 Å². The molecule has 2 rings (SSSR count). The van der Waals surface area contributed by atoms with Crippen LogP contribution in [0.4, 0.5) is 0 Å². The van der Waals surface area contributed by atoms with Gasteiger partial charge in [0, 0.05) is 38.3 Å². The van der Waals surface area contributed by atoms with Gasteiger partial charge in [-0.1, -0.05) is 30.3 Å². The lowest BCUT2D eigenvalue weighted by Crippen LogP contribution is -2.58. The monoisotopic (exact) mass is 247 g/mol. The van der Waals surface area contributed by atoms with Crippen molar-refractivity contribution >= 4 is 0 Å². The minimum atomic E-state index is 0.601.